The molecule has 2 N–H and O–H groups in total. The number of esters is 1. The van der Waals surface area contributed by atoms with Crippen molar-refractivity contribution < 1.29 is 54.2 Å². The molecule has 0 saturated heterocycles. The quantitative estimate of drug-likeness (QED) is 0.286. The topological polar surface area (TPSA) is 169 Å². The van der Waals surface area contributed by atoms with Gasteiger partial charge >= 0.3 is 5.97 Å². The van der Waals surface area contributed by atoms with Gasteiger partial charge < -0.3 is 30.0 Å². The second-order valence-electron chi connectivity index (χ2n) is 3.31. The third-order valence-electron chi connectivity index (χ3n) is 1.89. The Labute approximate surface area is 152 Å². The zero-order chi connectivity index (χ0) is 18.8. The molecule has 24 heavy (non-hydrogen) atoms. The Balaban J connectivity index is -0.000000256. The molecule has 137 valence electrons. The summed E-state index contributed by atoms with van der Waals surface area (Å²) in [6, 6.07) is -1.28. The number of ether oxygens (including phenoxy) is 1. The molecule has 11 nitrogen and oxygen atoms in total. The van der Waals surface area contributed by atoms with Crippen molar-refractivity contribution in [3.63, 3.8) is 0 Å². The standard InChI is InChI=1S/C9H13N4O4.3CHO.Re/c1-2-17-8(14)5-13-4-6(11-12-13)3-7(10)9(15)16;3*1-2;/h4,7,10H,2-3,5H2,1H3,(H,15,16);3*1H;/q4*-1;. The van der Waals surface area contributed by atoms with Crippen molar-refractivity contribution in [1.29, 1.82) is 0 Å². The van der Waals surface area contributed by atoms with E-state index >= 15 is 0 Å². The van der Waals surface area contributed by atoms with Gasteiger partial charge in [0, 0.05) is 26.6 Å². The SMILES string of the molecule is CCOC(=O)Cn1cc(CC([NH-])C(=O)O)nn1.[CH-]=O.[CH-]=O.[CH-]=O.[Re]. The number of nitrogens with one attached hydrogen (secondary N) is 1. The maximum atomic E-state index is 11.1. The third kappa shape index (κ3) is 14.6. The van der Waals surface area contributed by atoms with Gasteiger partial charge in [0.15, 0.2) is 0 Å². The van der Waals surface area contributed by atoms with E-state index < -0.39 is 18.0 Å². The molecule has 0 amide bonds. The van der Waals surface area contributed by atoms with E-state index in [4.69, 9.17) is 30.0 Å². The summed E-state index contributed by atoms with van der Waals surface area (Å²) in [5.41, 5.74) is 7.57. The van der Waals surface area contributed by atoms with Crippen LogP contribution in [-0.4, -0.2) is 65.1 Å². The number of carboxylic acids is 1. The Morgan fingerprint density at radius 2 is 1.79 bits per heavy atom. The fraction of sp³-hybridized carbons (Fsp3) is 0.417. The van der Waals surface area contributed by atoms with E-state index in [2.05, 4.69) is 30.7 Å². The Bertz CT molecular complexity index is 454. The molecule has 0 fully saturated rings. The van der Waals surface area contributed by atoms with E-state index in [9.17, 15) is 9.59 Å². The first-order valence-electron chi connectivity index (χ1n) is 5.72. The van der Waals surface area contributed by atoms with Crippen molar-refractivity contribution in [2.75, 3.05) is 6.61 Å². The van der Waals surface area contributed by atoms with E-state index in [1.165, 1.54) is 10.9 Å². The number of carbonyl (C=O) groups is 2. The predicted molar refractivity (Wildman–Crippen MR) is 76.4 cm³/mol. The van der Waals surface area contributed by atoms with E-state index in [0.29, 0.717) is 5.69 Å². The molecular weight excluding hydrogens is 498 g/mol. The monoisotopic (exact) mass is 515 g/mol. The molecular formula is C12H16N4O7Re-4. The fourth-order valence-corrected chi connectivity index (χ4v) is 1.14. The van der Waals surface area contributed by atoms with Crippen molar-refractivity contribution in [1.82, 2.24) is 15.0 Å². The molecule has 0 aliphatic rings. The van der Waals surface area contributed by atoms with Gasteiger partial charge in [0.25, 0.3) is 5.97 Å². The number of aromatic nitrogens is 3. The summed E-state index contributed by atoms with van der Waals surface area (Å²) in [5, 5.41) is 15.9. The fourth-order valence-electron chi connectivity index (χ4n) is 1.14. The van der Waals surface area contributed by atoms with Gasteiger partial charge in [-0.2, -0.15) is 0 Å². The van der Waals surface area contributed by atoms with Gasteiger partial charge in [-0.15, -0.1) is 5.10 Å². The number of hydrogen-bond donors (Lipinski definition) is 1. The van der Waals surface area contributed by atoms with Crippen molar-refractivity contribution in [3.05, 3.63) is 17.6 Å². The zero-order valence-electron chi connectivity index (χ0n) is 12.6. The number of carbonyl (C=O) groups excluding carboxylic acids is 4. The minimum Gasteiger partial charge on any atom is -0.665 e. The van der Waals surface area contributed by atoms with Crippen LogP contribution in [0, 0.1) is 0 Å². The average Bonchev–Trinajstić information content (AvgIpc) is 3.00. The van der Waals surface area contributed by atoms with Gasteiger partial charge in [0.2, 0.25) is 0 Å². The van der Waals surface area contributed by atoms with Crippen LogP contribution in [0.25, 0.3) is 5.73 Å². The smallest absolute Gasteiger partial charge is 0.327 e. The molecule has 1 atom stereocenters. The molecule has 1 unspecified atom stereocenters. The molecule has 0 bridgehead atoms. The van der Waals surface area contributed by atoms with Gasteiger partial charge in [0.1, 0.15) is 6.54 Å². The van der Waals surface area contributed by atoms with Gasteiger partial charge in [-0.3, -0.25) is 30.0 Å². The van der Waals surface area contributed by atoms with Crippen LogP contribution >= 0.6 is 0 Å². The van der Waals surface area contributed by atoms with E-state index in [0.717, 1.165) is 0 Å². The first kappa shape index (κ1) is 29.7. The second kappa shape index (κ2) is 20.7. The number of aliphatic carboxylic acids is 1. The number of hydrogen-bond acceptors (Lipinski definition) is 8. The van der Waals surface area contributed by atoms with Crippen LogP contribution in [0.3, 0.4) is 0 Å². The Morgan fingerprint density at radius 3 is 2.21 bits per heavy atom. The van der Waals surface area contributed by atoms with Gasteiger partial charge in [-0.1, -0.05) is 5.21 Å². The van der Waals surface area contributed by atoms with Gasteiger partial charge in [0.05, 0.1) is 12.3 Å². The summed E-state index contributed by atoms with van der Waals surface area (Å²) in [6.45, 7) is 11.7. The molecule has 1 aromatic rings. The molecule has 1 radical (unpaired) electrons. The summed E-state index contributed by atoms with van der Waals surface area (Å²) in [6.07, 6.45) is 1.39. The minimum atomic E-state index is -1.28. The summed E-state index contributed by atoms with van der Waals surface area (Å²) >= 11 is 0. The van der Waals surface area contributed by atoms with Crippen LogP contribution in [0.2, 0.25) is 0 Å². The van der Waals surface area contributed by atoms with Crippen LogP contribution in [0.4, 0.5) is 0 Å². The van der Waals surface area contributed by atoms with Gasteiger partial charge in [-0.25, -0.2) is 4.68 Å². The van der Waals surface area contributed by atoms with Gasteiger partial charge in [-0.05, 0) is 19.4 Å². The Hall–Kier alpha value is -2.29. The van der Waals surface area contributed by atoms with Crippen LogP contribution < -0.4 is 0 Å². The number of carboxylic acid groups (broad SMARTS) is 1. The van der Waals surface area contributed by atoms with E-state index in [-0.39, 0.29) is 40.0 Å². The number of nitrogens with zero attached hydrogens (tertiary/aromatic N) is 3. The van der Waals surface area contributed by atoms with E-state index in [1.54, 1.807) is 6.92 Å². The molecule has 1 heterocycles. The van der Waals surface area contributed by atoms with Crippen LogP contribution in [-0.2, 0) is 62.1 Å². The van der Waals surface area contributed by atoms with Crippen molar-refractivity contribution in [3.8, 4) is 0 Å². The van der Waals surface area contributed by atoms with E-state index in [1.807, 2.05) is 0 Å². The first-order chi connectivity index (χ1) is 11.0. The molecule has 1 rings (SSSR count). The molecule has 1 aromatic heterocycles. The van der Waals surface area contributed by atoms with Crippen LogP contribution in [0.5, 0.6) is 0 Å². The first-order valence-corrected chi connectivity index (χ1v) is 5.72. The average molecular weight is 514 g/mol. The zero-order valence-corrected chi connectivity index (χ0v) is 15.3. The maximum Gasteiger partial charge on any atom is 0.327 e. The van der Waals surface area contributed by atoms with Crippen molar-refractivity contribution in [2.24, 2.45) is 0 Å². The molecule has 0 saturated carbocycles. The molecule has 0 spiro atoms. The summed E-state index contributed by atoms with van der Waals surface area (Å²) in [5.74, 6) is -1.66. The Morgan fingerprint density at radius 1 is 1.29 bits per heavy atom. The summed E-state index contributed by atoms with van der Waals surface area (Å²) in [4.78, 5) is 44.8. The maximum absolute atomic E-state index is 11.1. The Kier molecular flexibility index (Phi) is 25.6. The third-order valence-corrected chi connectivity index (χ3v) is 1.89. The largest absolute Gasteiger partial charge is 0.665 e. The molecule has 0 aliphatic carbocycles. The number of rotatable bonds is 6. The van der Waals surface area contributed by atoms with Crippen molar-refractivity contribution in [2.45, 2.75) is 25.9 Å². The molecule has 0 aromatic carbocycles. The van der Waals surface area contributed by atoms with Crippen molar-refractivity contribution >= 4 is 32.3 Å². The molecule has 0 aliphatic heterocycles. The summed E-state index contributed by atoms with van der Waals surface area (Å²) in [7, 11) is 0. The van der Waals surface area contributed by atoms with Crippen LogP contribution in [0.15, 0.2) is 6.20 Å². The minimum absolute atomic E-state index is 0. The van der Waals surface area contributed by atoms with Crippen LogP contribution in [0.1, 0.15) is 12.6 Å². The normalized spacial score (nSPS) is 9.08. The summed E-state index contributed by atoms with van der Waals surface area (Å²) < 4.78 is 5.97. The second-order valence-corrected chi connectivity index (χ2v) is 3.31. The molecule has 12 heteroatoms. The predicted octanol–water partition coefficient (Wildman–Crippen LogP) is -0.936.